The maximum atomic E-state index is 14.4. The average Bonchev–Trinajstić information content (AvgIpc) is 3.55. The number of rotatable bonds is 6. The zero-order valence-corrected chi connectivity index (χ0v) is 17.1. The molecule has 4 aromatic rings. The maximum Gasteiger partial charge on any atom is 0.256 e. The summed E-state index contributed by atoms with van der Waals surface area (Å²) < 4.78 is 29.7. The second-order valence-corrected chi connectivity index (χ2v) is 7.71. The molecule has 0 radical (unpaired) electrons. The van der Waals surface area contributed by atoms with Crippen molar-refractivity contribution < 1.29 is 13.6 Å². The Hall–Kier alpha value is -3.82. The number of hydrogen-bond donors (Lipinski definition) is 2. The molecule has 1 fully saturated rings. The predicted molar refractivity (Wildman–Crippen MR) is 113 cm³/mol. The number of hydrogen-bond acceptors (Lipinski definition) is 5. The van der Waals surface area contributed by atoms with Crippen molar-refractivity contribution in [2.45, 2.75) is 25.3 Å². The largest absolute Gasteiger partial charge is 0.351 e. The van der Waals surface area contributed by atoms with Gasteiger partial charge in [-0.15, -0.1) is 0 Å². The molecule has 1 aliphatic heterocycles. The highest BCUT2D eigenvalue weighted by Gasteiger charge is 2.30. The topological polar surface area (TPSA) is 91.2 Å². The predicted octanol–water partition coefficient (Wildman–Crippen LogP) is 3.04. The number of imidazole rings is 1. The molecular formula is C22H21F2N7O. The van der Waals surface area contributed by atoms with Crippen LogP contribution in [-0.4, -0.2) is 43.6 Å². The quantitative estimate of drug-likeness (QED) is 0.484. The van der Waals surface area contributed by atoms with Crippen LogP contribution in [0.15, 0.2) is 49.2 Å². The summed E-state index contributed by atoms with van der Waals surface area (Å²) in [5.74, 6) is -0.596. The summed E-state index contributed by atoms with van der Waals surface area (Å²) in [6.45, 7) is 1.09. The van der Waals surface area contributed by atoms with E-state index in [4.69, 9.17) is 0 Å². The molecule has 1 atom stereocenters. The molecule has 0 aliphatic carbocycles. The fraction of sp³-hybridized carbons (Fsp3) is 0.273. The highest BCUT2D eigenvalue weighted by Crippen LogP contribution is 2.36. The highest BCUT2D eigenvalue weighted by atomic mass is 19.1. The van der Waals surface area contributed by atoms with E-state index in [0.717, 1.165) is 24.2 Å². The molecule has 4 heterocycles. The molecule has 0 saturated carbocycles. The van der Waals surface area contributed by atoms with Gasteiger partial charge in [0.1, 0.15) is 23.0 Å². The number of nitrogens with one attached hydrogen (secondary N) is 2. The third-order valence-corrected chi connectivity index (χ3v) is 5.70. The van der Waals surface area contributed by atoms with E-state index in [-0.39, 0.29) is 11.9 Å². The van der Waals surface area contributed by atoms with Gasteiger partial charge in [0.25, 0.3) is 5.91 Å². The van der Waals surface area contributed by atoms with Crippen LogP contribution in [0, 0.1) is 11.6 Å². The Morgan fingerprint density at radius 1 is 1.25 bits per heavy atom. The lowest BCUT2D eigenvalue weighted by Crippen LogP contribution is -2.26. The van der Waals surface area contributed by atoms with Gasteiger partial charge in [-0.2, -0.15) is 5.10 Å². The fourth-order valence-corrected chi connectivity index (χ4v) is 4.14. The standard InChI is InChI=1S/C22H21F2N7O/c23-14-3-4-18(24)16(10-14)19-2-1-8-30(19)20-6-9-31-21(29-20)17(12-28-31)22(32)26-7-5-15-11-25-13-27-15/h3-4,6,9-13,19H,1-2,5,7-8H2,(H,25,27)(H,26,32). The van der Waals surface area contributed by atoms with Gasteiger partial charge < -0.3 is 15.2 Å². The van der Waals surface area contributed by atoms with Gasteiger partial charge in [0, 0.05) is 43.2 Å². The Labute approximate surface area is 182 Å². The Morgan fingerprint density at radius 2 is 2.16 bits per heavy atom. The van der Waals surface area contributed by atoms with Gasteiger partial charge >= 0.3 is 0 Å². The number of carbonyl (C=O) groups excluding carboxylic acids is 1. The first kappa shape index (κ1) is 20.1. The molecule has 2 N–H and O–H groups in total. The Balaban J connectivity index is 1.39. The number of benzene rings is 1. The normalized spacial score (nSPS) is 16.1. The number of amides is 1. The van der Waals surface area contributed by atoms with Crippen LogP contribution < -0.4 is 10.2 Å². The van der Waals surface area contributed by atoms with Crippen LogP contribution in [0.4, 0.5) is 14.6 Å². The van der Waals surface area contributed by atoms with Crippen LogP contribution in [0.2, 0.25) is 0 Å². The zero-order valence-electron chi connectivity index (χ0n) is 17.1. The molecule has 1 amide bonds. The summed E-state index contributed by atoms with van der Waals surface area (Å²) in [7, 11) is 0. The smallest absolute Gasteiger partial charge is 0.256 e. The number of anilines is 1. The molecule has 8 nitrogen and oxygen atoms in total. The molecule has 1 aromatic carbocycles. The molecule has 10 heteroatoms. The Kier molecular flexibility index (Phi) is 5.26. The lowest BCUT2D eigenvalue weighted by atomic mass is 10.0. The second-order valence-electron chi connectivity index (χ2n) is 7.71. The summed E-state index contributed by atoms with van der Waals surface area (Å²) in [5.41, 5.74) is 2.00. The minimum Gasteiger partial charge on any atom is -0.351 e. The van der Waals surface area contributed by atoms with E-state index in [2.05, 4.69) is 25.4 Å². The molecule has 1 unspecified atom stereocenters. The van der Waals surface area contributed by atoms with Crippen molar-refractivity contribution in [3.63, 3.8) is 0 Å². The van der Waals surface area contributed by atoms with Crippen molar-refractivity contribution in [2.24, 2.45) is 0 Å². The summed E-state index contributed by atoms with van der Waals surface area (Å²) in [6, 6.07) is 4.96. The zero-order chi connectivity index (χ0) is 22.1. The van der Waals surface area contributed by atoms with Gasteiger partial charge in [-0.25, -0.2) is 23.3 Å². The lowest BCUT2D eigenvalue weighted by molar-refractivity contribution is 0.0955. The first-order valence-electron chi connectivity index (χ1n) is 10.4. The molecule has 0 bridgehead atoms. The number of aromatic nitrogens is 5. The van der Waals surface area contributed by atoms with Gasteiger partial charge in [0.2, 0.25) is 0 Å². The third-order valence-electron chi connectivity index (χ3n) is 5.70. The van der Waals surface area contributed by atoms with E-state index in [0.29, 0.717) is 48.5 Å². The number of halogens is 2. The number of carbonyl (C=O) groups is 1. The van der Waals surface area contributed by atoms with Crippen molar-refractivity contribution in [1.29, 1.82) is 0 Å². The summed E-state index contributed by atoms with van der Waals surface area (Å²) in [5, 5.41) is 7.09. The number of aromatic amines is 1. The van der Waals surface area contributed by atoms with Gasteiger partial charge in [0.15, 0.2) is 5.65 Å². The van der Waals surface area contributed by atoms with Crippen LogP contribution in [-0.2, 0) is 6.42 Å². The number of nitrogens with zero attached hydrogens (tertiary/aromatic N) is 5. The van der Waals surface area contributed by atoms with Crippen LogP contribution in [0.25, 0.3) is 5.65 Å². The van der Waals surface area contributed by atoms with Crippen molar-refractivity contribution in [3.8, 4) is 0 Å². The van der Waals surface area contributed by atoms with E-state index in [1.54, 1.807) is 24.8 Å². The molecule has 1 aliphatic rings. The van der Waals surface area contributed by atoms with E-state index in [1.165, 1.54) is 16.8 Å². The number of H-pyrrole nitrogens is 1. The fourth-order valence-electron chi connectivity index (χ4n) is 4.14. The summed E-state index contributed by atoms with van der Waals surface area (Å²) in [4.78, 5) is 26.3. The van der Waals surface area contributed by atoms with E-state index >= 15 is 0 Å². The van der Waals surface area contributed by atoms with Gasteiger partial charge in [-0.1, -0.05) is 0 Å². The molecule has 164 valence electrons. The maximum absolute atomic E-state index is 14.4. The van der Waals surface area contributed by atoms with Crippen LogP contribution >= 0.6 is 0 Å². The Morgan fingerprint density at radius 3 is 3.00 bits per heavy atom. The van der Waals surface area contributed by atoms with Crippen molar-refractivity contribution in [1.82, 2.24) is 29.9 Å². The number of fused-ring (bicyclic) bond motifs is 1. The SMILES string of the molecule is O=C(NCCc1cnc[nH]1)c1cnn2ccc(N3CCCC3c3cc(F)ccc3F)nc12. The highest BCUT2D eigenvalue weighted by molar-refractivity contribution is 5.99. The minimum absolute atomic E-state index is 0.279. The Bertz CT molecular complexity index is 1250. The summed E-state index contributed by atoms with van der Waals surface area (Å²) in [6.07, 6.45) is 8.64. The lowest BCUT2D eigenvalue weighted by Gasteiger charge is -2.26. The summed E-state index contributed by atoms with van der Waals surface area (Å²) >= 11 is 0. The van der Waals surface area contributed by atoms with E-state index < -0.39 is 11.6 Å². The van der Waals surface area contributed by atoms with Gasteiger partial charge in [-0.3, -0.25) is 4.79 Å². The molecule has 5 rings (SSSR count). The molecule has 3 aromatic heterocycles. The third kappa shape index (κ3) is 3.79. The molecule has 0 spiro atoms. The molecular weight excluding hydrogens is 416 g/mol. The average molecular weight is 437 g/mol. The van der Waals surface area contributed by atoms with E-state index in [1.807, 2.05) is 4.90 Å². The van der Waals surface area contributed by atoms with E-state index in [9.17, 15) is 13.6 Å². The first-order chi connectivity index (χ1) is 15.6. The van der Waals surface area contributed by atoms with Crippen molar-refractivity contribution in [3.05, 3.63) is 77.6 Å². The van der Waals surface area contributed by atoms with Gasteiger partial charge in [-0.05, 0) is 37.1 Å². The monoisotopic (exact) mass is 437 g/mol. The minimum atomic E-state index is -0.471. The van der Waals surface area contributed by atoms with Crippen LogP contribution in [0.1, 0.15) is 40.5 Å². The first-order valence-corrected chi connectivity index (χ1v) is 10.4. The second kappa shape index (κ2) is 8.37. The molecule has 32 heavy (non-hydrogen) atoms. The van der Waals surface area contributed by atoms with Gasteiger partial charge in [0.05, 0.1) is 18.6 Å². The van der Waals surface area contributed by atoms with Crippen molar-refractivity contribution in [2.75, 3.05) is 18.0 Å². The van der Waals surface area contributed by atoms with Crippen LogP contribution in [0.3, 0.4) is 0 Å². The van der Waals surface area contributed by atoms with Crippen LogP contribution in [0.5, 0.6) is 0 Å². The van der Waals surface area contributed by atoms with Crippen molar-refractivity contribution >= 4 is 17.4 Å². The molecule has 1 saturated heterocycles.